The largest absolute Gasteiger partial charge is 0.257 e. The molecule has 0 aliphatic carbocycles. The van der Waals surface area contributed by atoms with Crippen molar-refractivity contribution < 1.29 is 0 Å². The van der Waals surface area contributed by atoms with Crippen LogP contribution in [0.5, 0.6) is 0 Å². The van der Waals surface area contributed by atoms with Crippen LogP contribution in [0.4, 0.5) is 0 Å². The number of aromatic nitrogens is 5. The molecule has 0 bridgehead atoms. The van der Waals surface area contributed by atoms with Crippen molar-refractivity contribution in [1.29, 1.82) is 0 Å². The van der Waals surface area contributed by atoms with Crippen LogP contribution in [0.1, 0.15) is 24.0 Å². The predicted molar refractivity (Wildman–Crippen MR) is 97.4 cm³/mol. The van der Waals surface area contributed by atoms with Gasteiger partial charge in [-0.15, -0.1) is 10.2 Å². The van der Waals surface area contributed by atoms with Crippen molar-refractivity contribution in [3.63, 3.8) is 0 Å². The van der Waals surface area contributed by atoms with Crippen molar-refractivity contribution in [1.82, 2.24) is 24.8 Å². The van der Waals surface area contributed by atoms with Crippen molar-refractivity contribution >= 4 is 29.3 Å². The van der Waals surface area contributed by atoms with Crippen LogP contribution in [0.3, 0.4) is 0 Å². The van der Waals surface area contributed by atoms with E-state index in [0.29, 0.717) is 6.42 Å². The lowest BCUT2D eigenvalue weighted by Crippen LogP contribution is -2.10. The Morgan fingerprint density at radius 3 is 2.83 bits per heavy atom. The van der Waals surface area contributed by atoms with Gasteiger partial charge in [-0.3, -0.25) is 4.98 Å². The predicted octanol–water partition coefficient (Wildman–Crippen LogP) is 1.94. The van der Waals surface area contributed by atoms with E-state index in [-0.39, 0.29) is 0 Å². The molecule has 0 aliphatic heterocycles. The Hall–Kier alpha value is -2.76. The van der Waals surface area contributed by atoms with Gasteiger partial charge in [-0.2, -0.15) is 9.61 Å². The van der Waals surface area contributed by atoms with E-state index in [1.807, 2.05) is 22.8 Å². The maximum atomic E-state index is 4.62. The second-order valence-electron chi connectivity index (χ2n) is 5.97. The van der Waals surface area contributed by atoms with Crippen molar-refractivity contribution in [3.8, 4) is 0 Å². The van der Waals surface area contributed by atoms with E-state index in [0.717, 1.165) is 36.4 Å². The zero-order chi connectivity index (χ0) is 16.5. The zero-order valence-corrected chi connectivity index (χ0v) is 13.9. The van der Waals surface area contributed by atoms with Gasteiger partial charge in [0.25, 0.3) is 0 Å². The maximum absolute atomic E-state index is 4.62. The molecule has 0 spiro atoms. The summed E-state index contributed by atoms with van der Waals surface area (Å²) >= 11 is 0. The molecule has 0 N–H and O–H groups in total. The minimum atomic E-state index is 0.702. The molecule has 3 aromatic heterocycles. The van der Waals surface area contributed by atoms with Crippen LogP contribution < -0.4 is 5.46 Å². The molecule has 0 saturated carbocycles. The van der Waals surface area contributed by atoms with Crippen LogP contribution in [0.2, 0.25) is 6.82 Å². The van der Waals surface area contributed by atoms with Crippen LogP contribution in [0.25, 0.3) is 16.6 Å². The van der Waals surface area contributed by atoms with Gasteiger partial charge in [-0.05, 0) is 41.6 Å². The van der Waals surface area contributed by atoms with Crippen LogP contribution in [-0.4, -0.2) is 32.1 Å². The molecule has 3 heterocycles. The van der Waals surface area contributed by atoms with E-state index in [2.05, 4.69) is 58.3 Å². The maximum Gasteiger partial charge on any atom is 0.177 e. The highest BCUT2D eigenvalue weighted by atomic mass is 15.4. The lowest BCUT2D eigenvalue weighted by atomic mass is 9.74. The zero-order valence-electron chi connectivity index (χ0n) is 13.9. The molecule has 5 nitrogen and oxygen atoms in total. The third kappa shape index (κ3) is 2.64. The average Bonchev–Trinajstić information content (AvgIpc) is 3.03. The van der Waals surface area contributed by atoms with E-state index in [9.17, 15) is 0 Å². The molecule has 6 heteroatoms. The molecule has 0 amide bonds. The third-order valence-corrected chi connectivity index (χ3v) is 4.32. The summed E-state index contributed by atoms with van der Waals surface area (Å²) in [6.45, 7) is 4.24. The van der Waals surface area contributed by atoms with Crippen LogP contribution in [0.15, 0.2) is 42.6 Å². The van der Waals surface area contributed by atoms with Crippen molar-refractivity contribution in [3.05, 3.63) is 59.7 Å². The molecular formula is C18H18BN5. The molecule has 0 aliphatic rings. The molecule has 0 atom stereocenters. The lowest BCUT2D eigenvalue weighted by Gasteiger charge is -2.05. The molecule has 4 rings (SSSR count). The summed E-state index contributed by atoms with van der Waals surface area (Å²) in [5.74, 6) is 0.860. The molecule has 0 unspecified atom stereocenters. The van der Waals surface area contributed by atoms with Gasteiger partial charge >= 0.3 is 0 Å². The van der Waals surface area contributed by atoms with Crippen molar-refractivity contribution in [2.45, 2.75) is 26.6 Å². The first-order valence-corrected chi connectivity index (χ1v) is 8.34. The van der Waals surface area contributed by atoms with E-state index in [1.165, 1.54) is 16.4 Å². The molecular weight excluding hydrogens is 297 g/mol. The number of nitrogens with zero attached hydrogens (tertiary/aromatic N) is 5. The highest BCUT2D eigenvalue weighted by molar-refractivity contribution is 6.52. The number of hydrogen-bond acceptors (Lipinski definition) is 4. The average molecular weight is 315 g/mol. The van der Waals surface area contributed by atoms with Gasteiger partial charge in [0.1, 0.15) is 0 Å². The van der Waals surface area contributed by atoms with E-state index < -0.39 is 0 Å². The number of pyridine rings is 1. The number of fused-ring (bicyclic) bond motifs is 2. The highest BCUT2D eigenvalue weighted by Crippen LogP contribution is 2.16. The molecule has 1 aromatic carbocycles. The molecule has 0 fully saturated rings. The Balaban J connectivity index is 1.73. The summed E-state index contributed by atoms with van der Waals surface area (Å²) in [6.07, 6.45) is 3.55. The van der Waals surface area contributed by atoms with Gasteiger partial charge in [-0.25, -0.2) is 0 Å². The first kappa shape index (κ1) is 14.8. The summed E-state index contributed by atoms with van der Waals surface area (Å²) in [7, 11) is 0.992. The fraction of sp³-hybridized carbons (Fsp3) is 0.222. The number of aryl methyl sites for hydroxylation is 1. The van der Waals surface area contributed by atoms with Gasteiger partial charge < -0.3 is 0 Å². The van der Waals surface area contributed by atoms with E-state index >= 15 is 0 Å². The molecule has 24 heavy (non-hydrogen) atoms. The van der Waals surface area contributed by atoms with Crippen molar-refractivity contribution in [2.75, 3.05) is 0 Å². The molecule has 118 valence electrons. The second kappa shape index (κ2) is 6.04. The Morgan fingerprint density at radius 1 is 1.08 bits per heavy atom. The Morgan fingerprint density at radius 2 is 2.00 bits per heavy atom. The van der Waals surface area contributed by atoms with Gasteiger partial charge in [-0.1, -0.05) is 31.3 Å². The van der Waals surface area contributed by atoms with Crippen LogP contribution >= 0.6 is 0 Å². The monoisotopic (exact) mass is 315 g/mol. The summed E-state index contributed by atoms with van der Waals surface area (Å²) < 4.78 is 1.85. The fourth-order valence-corrected chi connectivity index (χ4v) is 2.88. The summed E-state index contributed by atoms with van der Waals surface area (Å²) in [5.41, 5.74) is 5.29. The minimum Gasteiger partial charge on any atom is -0.257 e. The summed E-state index contributed by atoms with van der Waals surface area (Å²) in [5, 5.41) is 14.3. The lowest BCUT2D eigenvalue weighted by molar-refractivity contribution is 0.802. The normalized spacial score (nSPS) is 11.2. The summed E-state index contributed by atoms with van der Waals surface area (Å²) in [4.78, 5) is 4.52. The van der Waals surface area contributed by atoms with Gasteiger partial charge in [0.15, 0.2) is 18.8 Å². The number of hydrogen-bond donors (Lipinski definition) is 0. The van der Waals surface area contributed by atoms with E-state index in [4.69, 9.17) is 0 Å². The Labute approximate surface area is 141 Å². The van der Waals surface area contributed by atoms with Gasteiger partial charge in [0.2, 0.25) is 0 Å². The summed E-state index contributed by atoms with van der Waals surface area (Å²) in [6, 6.07) is 12.5. The molecule has 0 saturated heterocycles. The third-order valence-electron chi connectivity index (χ3n) is 4.32. The van der Waals surface area contributed by atoms with Gasteiger partial charge in [0.05, 0.1) is 11.2 Å². The van der Waals surface area contributed by atoms with Crippen molar-refractivity contribution in [2.24, 2.45) is 0 Å². The minimum absolute atomic E-state index is 0.702. The number of rotatable bonds is 4. The standard InChI is InChI=1S/C18H18BN5/c1-3-15-5-7-17-21-22-18(24(17)23-15)9-12-4-6-16-13(8-12)10-14(19-2)11-20-16/h4-8,10-11,19H,3,9H2,1-2H3. The van der Waals surface area contributed by atoms with Crippen LogP contribution in [0, 0.1) is 0 Å². The second-order valence-corrected chi connectivity index (χ2v) is 5.97. The first-order chi connectivity index (χ1) is 11.8. The van der Waals surface area contributed by atoms with Gasteiger partial charge in [0, 0.05) is 12.6 Å². The van der Waals surface area contributed by atoms with Crippen LogP contribution in [-0.2, 0) is 12.8 Å². The molecule has 0 radical (unpaired) electrons. The fourth-order valence-electron chi connectivity index (χ4n) is 2.88. The topological polar surface area (TPSA) is 56.0 Å². The highest BCUT2D eigenvalue weighted by Gasteiger charge is 2.09. The number of benzene rings is 1. The Bertz CT molecular complexity index is 1020. The quantitative estimate of drug-likeness (QED) is 0.540. The SMILES string of the molecule is CBc1cnc2ccc(Cc3nnc4ccc(CC)nn34)cc2c1. The Kier molecular flexibility index (Phi) is 3.73. The molecule has 4 aromatic rings. The first-order valence-electron chi connectivity index (χ1n) is 8.34. The smallest absolute Gasteiger partial charge is 0.177 e. The van der Waals surface area contributed by atoms with E-state index in [1.54, 1.807) is 0 Å².